The lowest BCUT2D eigenvalue weighted by atomic mass is 10.1. The Hall–Kier alpha value is -1.49. The van der Waals surface area contributed by atoms with Crippen molar-refractivity contribution in [3.63, 3.8) is 0 Å². The zero-order chi connectivity index (χ0) is 15.8. The van der Waals surface area contributed by atoms with Crippen molar-refractivity contribution in [2.24, 2.45) is 10.9 Å². The molecule has 0 amide bonds. The van der Waals surface area contributed by atoms with Crippen LogP contribution in [0.3, 0.4) is 0 Å². The fraction of sp³-hybridized carbons (Fsp3) is 0.600. The SMILES string of the molecule is CCN(C)C=Nc1cc(Cl)c(OCCCC(C)C)nc1N. The van der Waals surface area contributed by atoms with E-state index in [1.807, 2.05) is 18.9 Å². The van der Waals surface area contributed by atoms with Crippen molar-refractivity contribution in [1.82, 2.24) is 9.88 Å². The van der Waals surface area contributed by atoms with Gasteiger partial charge < -0.3 is 15.4 Å². The van der Waals surface area contributed by atoms with E-state index in [1.54, 1.807) is 12.4 Å². The van der Waals surface area contributed by atoms with E-state index in [2.05, 4.69) is 23.8 Å². The zero-order valence-corrected chi connectivity index (χ0v) is 14.0. The molecule has 0 unspecified atom stereocenters. The minimum atomic E-state index is 0.319. The molecule has 0 radical (unpaired) electrons. The summed E-state index contributed by atoms with van der Waals surface area (Å²) in [6.45, 7) is 7.86. The maximum atomic E-state index is 6.16. The molecule has 118 valence electrons. The molecule has 1 heterocycles. The van der Waals surface area contributed by atoms with Gasteiger partial charge in [0.15, 0.2) is 5.82 Å². The van der Waals surface area contributed by atoms with E-state index in [4.69, 9.17) is 22.1 Å². The van der Waals surface area contributed by atoms with Crippen molar-refractivity contribution in [2.75, 3.05) is 25.9 Å². The van der Waals surface area contributed by atoms with Gasteiger partial charge in [-0.2, -0.15) is 4.98 Å². The Labute approximate surface area is 132 Å². The van der Waals surface area contributed by atoms with Crippen LogP contribution in [0.1, 0.15) is 33.6 Å². The number of anilines is 1. The third kappa shape index (κ3) is 6.21. The van der Waals surface area contributed by atoms with Crippen LogP contribution in [0, 0.1) is 5.92 Å². The summed E-state index contributed by atoms with van der Waals surface area (Å²) in [6.07, 6.45) is 3.78. The average molecular weight is 313 g/mol. The van der Waals surface area contributed by atoms with Gasteiger partial charge in [0.05, 0.1) is 12.9 Å². The molecular weight excluding hydrogens is 288 g/mol. The van der Waals surface area contributed by atoms with Gasteiger partial charge in [0.2, 0.25) is 5.88 Å². The van der Waals surface area contributed by atoms with Crippen molar-refractivity contribution in [3.05, 3.63) is 11.1 Å². The second kappa shape index (κ2) is 8.72. The van der Waals surface area contributed by atoms with Gasteiger partial charge in [-0.3, -0.25) is 0 Å². The number of nitrogens with two attached hydrogens (primary N) is 1. The van der Waals surface area contributed by atoms with Crippen molar-refractivity contribution < 1.29 is 4.74 Å². The van der Waals surface area contributed by atoms with Crippen LogP contribution in [0.5, 0.6) is 5.88 Å². The summed E-state index contributed by atoms with van der Waals surface area (Å²) in [5.74, 6) is 1.36. The van der Waals surface area contributed by atoms with Crippen LogP contribution in [-0.2, 0) is 0 Å². The minimum absolute atomic E-state index is 0.319. The Morgan fingerprint density at radius 1 is 1.52 bits per heavy atom. The number of pyridine rings is 1. The van der Waals surface area contributed by atoms with E-state index < -0.39 is 0 Å². The molecule has 1 rings (SSSR count). The molecule has 0 atom stereocenters. The summed E-state index contributed by atoms with van der Waals surface area (Å²) >= 11 is 6.16. The molecule has 0 bridgehead atoms. The van der Waals surface area contributed by atoms with Crippen molar-refractivity contribution in [2.45, 2.75) is 33.6 Å². The van der Waals surface area contributed by atoms with E-state index >= 15 is 0 Å². The molecule has 0 saturated carbocycles. The molecule has 0 fully saturated rings. The summed E-state index contributed by atoms with van der Waals surface area (Å²) in [7, 11) is 1.93. The lowest BCUT2D eigenvalue weighted by Crippen LogP contribution is -2.14. The molecule has 2 N–H and O–H groups in total. The van der Waals surface area contributed by atoms with Gasteiger partial charge in [-0.25, -0.2) is 4.99 Å². The molecule has 1 aromatic heterocycles. The summed E-state index contributed by atoms with van der Waals surface area (Å²) in [5, 5.41) is 0.431. The average Bonchev–Trinajstić information content (AvgIpc) is 2.44. The second-order valence-corrected chi connectivity index (χ2v) is 5.79. The van der Waals surface area contributed by atoms with Crippen LogP contribution in [0.4, 0.5) is 11.5 Å². The number of ether oxygens (including phenoxy) is 1. The number of rotatable bonds is 8. The number of hydrogen-bond donors (Lipinski definition) is 1. The van der Waals surface area contributed by atoms with Crippen molar-refractivity contribution >= 4 is 29.4 Å². The highest BCUT2D eigenvalue weighted by Crippen LogP contribution is 2.31. The van der Waals surface area contributed by atoms with Gasteiger partial charge in [-0.1, -0.05) is 25.4 Å². The van der Waals surface area contributed by atoms with Gasteiger partial charge in [0.25, 0.3) is 0 Å². The van der Waals surface area contributed by atoms with Crippen molar-refractivity contribution in [3.8, 4) is 5.88 Å². The summed E-state index contributed by atoms with van der Waals surface area (Å²) in [4.78, 5) is 10.4. The highest BCUT2D eigenvalue weighted by molar-refractivity contribution is 6.32. The number of aliphatic imine (C=N–C) groups is 1. The van der Waals surface area contributed by atoms with Gasteiger partial charge in [0.1, 0.15) is 10.7 Å². The van der Waals surface area contributed by atoms with E-state index in [9.17, 15) is 0 Å². The first-order valence-electron chi connectivity index (χ1n) is 7.27. The molecule has 6 heteroatoms. The largest absolute Gasteiger partial charge is 0.477 e. The van der Waals surface area contributed by atoms with Crippen LogP contribution in [0.15, 0.2) is 11.1 Å². The predicted molar refractivity (Wildman–Crippen MR) is 89.7 cm³/mol. The zero-order valence-electron chi connectivity index (χ0n) is 13.3. The number of nitrogens with zero attached hydrogens (tertiary/aromatic N) is 3. The van der Waals surface area contributed by atoms with E-state index in [1.165, 1.54) is 0 Å². The first-order valence-corrected chi connectivity index (χ1v) is 7.65. The van der Waals surface area contributed by atoms with Gasteiger partial charge >= 0.3 is 0 Å². The highest BCUT2D eigenvalue weighted by Gasteiger charge is 2.09. The molecule has 0 aliphatic rings. The molecule has 5 nitrogen and oxygen atoms in total. The number of aromatic nitrogens is 1. The van der Waals surface area contributed by atoms with Crippen LogP contribution >= 0.6 is 11.6 Å². The Bertz CT molecular complexity index is 477. The molecule has 21 heavy (non-hydrogen) atoms. The Kier molecular flexibility index (Phi) is 7.29. The van der Waals surface area contributed by atoms with Crippen LogP contribution in [0.2, 0.25) is 5.02 Å². The van der Waals surface area contributed by atoms with Crippen LogP contribution < -0.4 is 10.5 Å². The Balaban J connectivity index is 2.68. The monoisotopic (exact) mass is 312 g/mol. The number of nitrogen functional groups attached to an aromatic ring is 1. The van der Waals surface area contributed by atoms with E-state index in [-0.39, 0.29) is 0 Å². The minimum Gasteiger partial charge on any atom is -0.477 e. The first kappa shape index (κ1) is 17.6. The fourth-order valence-corrected chi connectivity index (χ4v) is 1.78. The third-order valence-corrected chi connectivity index (χ3v) is 3.28. The third-order valence-electron chi connectivity index (χ3n) is 3.01. The van der Waals surface area contributed by atoms with Crippen LogP contribution in [-0.4, -0.2) is 36.4 Å². The predicted octanol–water partition coefficient (Wildman–Crippen LogP) is 3.74. The lowest BCUT2D eigenvalue weighted by molar-refractivity contribution is 0.288. The maximum Gasteiger partial charge on any atom is 0.234 e. The molecule has 0 saturated heterocycles. The molecule has 0 aliphatic carbocycles. The second-order valence-electron chi connectivity index (χ2n) is 5.38. The van der Waals surface area contributed by atoms with Crippen molar-refractivity contribution in [1.29, 1.82) is 0 Å². The van der Waals surface area contributed by atoms with E-state index in [0.29, 0.717) is 34.9 Å². The number of hydrogen-bond acceptors (Lipinski definition) is 4. The van der Waals surface area contributed by atoms with Gasteiger partial charge in [-0.05, 0) is 31.7 Å². The molecule has 0 aromatic carbocycles. The summed E-state index contributed by atoms with van der Waals surface area (Å²) in [5.41, 5.74) is 6.44. The standard InChI is InChI=1S/C15H25ClN4O/c1-5-20(4)10-18-13-9-12(16)15(19-14(13)17)21-8-6-7-11(2)3/h9-11H,5-8H2,1-4H3,(H2,17,19). The van der Waals surface area contributed by atoms with Crippen LogP contribution in [0.25, 0.3) is 0 Å². The normalized spacial score (nSPS) is 11.3. The quantitative estimate of drug-likeness (QED) is 0.451. The summed E-state index contributed by atoms with van der Waals surface area (Å²) in [6, 6.07) is 1.68. The van der Waals surface area contributed by atoms with E-state index in [0.717, 1.165) is 19.4 Å². The molecule has 1 aromatic rings. The Morgan fingerprint density at radius 2 is 2.24 bits per heavy atom. The summed E-state index contributed by atoms with van der Waals surface area (Å²) < 4.78 is 5.58. The fourth-order valence-electron chi connectivity index (χ4n) is 1.58. The number of halogens is 1. The lowest BCUT2D eigenvalue weighted by Gasteiger charge is -2.11. The molecular formula is C15H25ClN4O. The maximum absolute atomic E-state index is 6.16. The highest BCUT2D eigenvalue weighted by atomic mass is 35.5. The topological polar surface area (TPSA) is 63.7 Å². The molecule has 0 aliphatic heterocycles. The smallest absolute Gasteiger partial charge is 0.234 e. The first-order chi connectivity index (χ1) is 9.93. The van der Waals surface area contributed by atoms with Gasteiger partial charge in [0, 0.05) is 13.6 Å². The molecule has 0 spiro atoms. The Morgan fingerprint density at radius 3 is 2.86 bits per heavy atom. The van der Waals surface area contributed by atoms with Gasteiger partial charge in [-0.15, -0.1) is 0 Å².